The molecule has 1 N–H and O–H groups in total. The average Bonchev–Trinajstić information content (AvgIpc) is 3.06. The van der Waals surface area contributed by atoms with Gasteiger partial charge in [-0.15, -0.1) is 11.3 Å². The molecule has 0 aliphatic carbocycles. The van der Waals surface area contributed by atoms with E-state index in [2.05, 4.69) is 52.8 Å². The summed E-state index contributed by atoms with van der Waals surface area (Å²) in [5, 5.41) is 5.49. The van der Waals surface area contributed by atoms with E-state index in [0.29, 0.717) is 0 Å². The summed E-state index contributed by atoms with van der Waals surface area (Å²) in [5.41, 5.74) is 1.23. The minimum atomic E-state index is 0.775. The number of aliphatic imine (C=N–C) groups is 1. The number of hydrogen-bond acceptors (Lipinski definition) is 3. The maximum Gasteiger partial charge on any atom is 0.193 e. The molecular formula is C17H24N4S. The molecule has 0 fully saturated rings. The lowest BCUT2D eigenvalue weighted by Crippen LogP contribution is -2.40. The molecule has 0 bridgehead atoms. The van der Waals surface area contributed by atoms with Crippen molar-refractivity contribution in [2.45, 2.75) is 19.8 Å². The molecule has 0 aliphatic heterocycles. The van der Waals surface area contributed by atoms with Crippen molar-refractivity contribution >= 4 is 17.3 Å². The van der Waals surface area contributed by atoms with E-state index in [1.54, 1.807) is 6.20 Å². The molecule has 0 atom stereocenters. The Morgan fingerprint density at radius 3 is 2.91 bits per heavy atom. The van der Waals surface area contributed by atoms with Crippen molar-refractivity contribution in [3.63, 3.8) is 0 Å². The standard InChI is InChI=1S/C17H24N4S/c1-3-19-17(20-11-8-15-6-4-10-18-14-15)21(2)12-9-16-7-5-13-22-16/h4-7,10,13-14H,3,8-9,11-12H2,1-2H3,(H,19,20). The molecular weight excluding hydrogens is 292 g/mol. The lowest BCUT2D eigenvalue weighted by Gasteiger charge is -2.21. The Morgan fingerprint density at radius 1 is 1.32 bits per heavy atom. The Hall–Kier alpha value is -1.88. The predicted octanol–water partition coefficient (Wildman–Crippen LogP) is 2.83. The molecule has 2 heterocycles. The van der Waals surface area contributed by atoms with E-state index in [0.717, 1.165) is 38.4 Å². The average molecular weight is 316 g/mol. The van der Waals surface area contributed by atoms with Crippen LogP contribution in [0.3, 0.4) is 0 Å². The van der Waals surface area contributed by atoms with Crippen molar-refractivity contribution in [2.24, 2.45) is 4.99 Å². The van der Waals surface area contributed by atoms with E-state index in [-0.39, 0.29) is 0 Å². The molecule has 5 heteroatoms. The van der Waals surface area contributed by atoms with Crippen LogP contribution in [0.5, 0.6) is 0 Å². The highest BCUT2D eigenvalue weighted by molar-refractivity contribution is 7.09. The molecule has 0 saturated heterocycles. The summed E-state index contributed by atoms with van der Waals surface area (Å²) in [4.78, 5) is 12.5. The van der Waals surface area contributed by atoms with E-state index in [9.17, 15) is 0 Å². The van der Waals surface area contributed by atoms with Gasteiger partial charge >= 0.3 is 0 Å². The largest absolute Gasteiger partial charge is 0.357 e. The third-order valence-electron chi connectivity index (χ3n) is 3.36. The van der Waals surface area contributed by atoms with Crippen LogP contribution in [0.1, 0.15) is 17.4 Å². The van der Waals surface area contributed by atoms with Crippen molar-refractivity contribution in [3.05, 3.63) is 52.5 Å². The lowest BCUT2D eigenvalue weighted by molar-refractivity contribution is 0.487. The fourth-order valence-corrected chi connectivity index (χ4v) is 2.84. The maximum absolute atomic E-state index is 4.72. The van der Waals surface area contributed by atoms with Crippen LogP contribution in [0, 0.1) is 0 Å². The fraction of sp³-hybridized carbons (Fsp3) is 0.412. The maximum atomic E-state index is 4.72. The Balaban J connectivity index is 1.85. The van der Waals surface area contributed by atoms with Crippen molar-refractivity contribution in [1.82, 2.24) is 15.2 Å². The number of nitrogens with one attached hydrogen (secondary N) is 1. The summed E-state index contributed by atoms with van der Waals surface area (Å²) in [6.07, 6.45) is 5.68. The van der Waals surface area contributed by atoms with Crippen LogP contribution < -0.4 is 5.32 Å². The van der Waals surface area contributed by atoms with Gasteiger partial charge in [-0.05, 0) is 42.8 Å². The minimum absolute atomic E-state index is 0.775. The van der Waals surface area contributed by atoms with Gasteiger partial charge in [-0.2, -0.15) is 0 Å². The number of guanidine groups is 1. The number of pyridine rings is 1. The highest BCUT2D eigenvalue weighted by atomic mass is 32.1. The molecule has 2 aromatic rings. The smallest absolute Gasteiger partial charge is 0.193 e. The van der Waals surface area contributed by atoms with E-state index in [4.69, 9.17) is 4.99 Å². The normalized spacial score (nSPS) is 11.5. The summed E-state index contributed by atoms with van der Waals surface area (Å²) in [5.74, 6) is 0.975. The van der Waals surface area contributed by atoms with E-state index >= 15 is 0 Å². The van der Waals surface area contributed by atoms with Crippen molar-refractivity contribution in [2.75, 3.05) is 26.7 Å². The zero-order valence-corrected chi connectivity index (χ0v) is 14.1. The number of hydrogen-bond donors (Lipinski definition) is 1. The molecule has 2 aromatic heterocycles. The second-order valence-electron chi connectivity index (χ2n) is 5.10. The number of likely N-dealkylation sites (N-methyl/N-ethyl adjacent to an activating group) is 1. The molecule has 2 rings (SSSR count). The van der Waals surface area contributed by atoms with Gasteiger partial charge in [-0.1, -0.05) is 12.1 Å². The topological polar surface area (TPSA) is 40.5 Å². The van der Waals surface area contributed by atoms with Gasteiger partial charge in [-0.3, -0.25) is 9.98 Å². The van der Waals surface area contributed by atoms with Crippen molar-refractivity contribution in [1.29, 1.82) is 0 Å². The third-order valence-corrected chi connectivity index (χ3v) is 4.29. The second-order valence-corrected chi connectivity index (χ2v) is 6.13. The molecule has 0 aromatic carbocycles. The quantitative estimate of drug-likeness (QED) is 0.631. The van der Waals surface area contributed by atoms with Crippen LogP contribution in [0.25, 0.3) is 0 Å². The van der Waals surface area contributed by atoms with Crippen LogP contribution in [0.4, 0.5) is 0 Å². The van der Waals surface area contributed by atoms with Gasteiger partial charge in [0.1, 0.15) is 0 Å². The van der Waals surface area contributed by atoms with Gasteiger partial charge in [0.05, 0.1) is 0 Å². The summed E-state index contributed by atoms with van der Waals surface area (Å²) in [6.45, 7) is 4.73. The lowest BCUT2D eigenvalue weighted by atomic mass is 10.2. The monoisotopic (exact) mass is 316 g/mol. The Morgan fingerprint density at radius 2 is 2.23 bits per heavy atom. The van der Waals surface area contributed by atoms with Crippen LogP contribution in [-0.2, 0) is 12.8 Å². The number of aromatic nitrogens is 1. The van der Waals surface area contributed by atoms with Crippen LogP contribution >= 0.6 is 11.3 Å². The van der Waals surface area contributed by atoms with Gasteiger partial charge in [0.25, 0.3) is 0 Å². The van der Waals surface area contributed by atoms with Crippen LogP contribution in [0.2, 0.25) is 0 Å². The van der Waals surface area contributed by atoms with Crippen LogP contribution in [0.15, 0.2) is 47.0 Å². The molecule has 0 unspecified atom stereocenters. The number of rotatable bonds is 7. The highest BCUT2D eigenvalue weighted by Gasteiger charge is 2.06. The summed E-state index contributed by atoms with van der Waals surface area (Å²) >= 11 is 1.81. The van der Waals surface area contributed by atoms with E-state index < -0.39 is 0 Å². The predicted molar refractivity (Wildman–Crippen MR) is 94.6 cm³/mol. The van der Waals surface area contributed by atoms with Crippen molar-refractivity contribution < 1.29 is 0 Å². The second kappa shape index (κ2) is 9.20. The molecule has 0 amide bonds. The molecule has 4 nitrogen and oxygen atoms in total. The van der Waals surface area contributed by atoms with Gasteiger partial charge in [0.2, 0.25) is 0 Å². The highest BCUT2D eigenvalue weighted by Crippen LogP contribution is 2.09. The van der Waals surface area contributed by atoms with Gasteiger partial charge < -0.3 is 10.2 Å². The molecule has 118 valence electrons. The fourth-order valence-electron chi connectivity index (χ4n) is 2.15. The van der Waals surface area contributed by atoms with Crippen molar-refractivity contribution in [3.8, 4) is 0 Å². The van der Waals surface area contributed by atoms with Gasteiger partial charge in [-0.25, -0.2) is 0 Å². The third kappa shape index (κ3) is 5.48. The molecule has 0 aliphatic rings. The zero-order chi connectivity index (χ0) is 15.6. The summed E-state index contributed by atoms with van der Waals surface area (Å²) in [6, 6.07) is 8.35. The first-order valence-corrected chi connectivity index (χ1v) is 8.58. The summed E-state index contributed by atoms with van der Waals surface area (Å²) < 4.78 is 0. The first kappa shape index (κ1) is 16.5. The van der Waals surface area contributed by atoms with Gasteiger partial charge in [0.15, 0.2) is 5.96 Å². The molecule has 0 spiro atoms. The van der Waals surface area contributed by atoms with Gasteiger partial charge in [0, 0.05) is 44.0 Å². The minimum Gasteiger partial charge on any atom is -0.357 e. The zero-order valence-electron chi connectivity index (χ0n) is 13.3. The van der Waals surface area contributed by atoms with E-state index in [1.165, 1.54) is 10.4 Å². The van der Waals surface area contributed by atoms with Crippen LogP contribution in [-0.4, -0.2) is 42.5 Å². The summed E-state index contributed by atoms with van der Waals surface area (Å²) in [7, 11) is 2.10. The number of thiophene rings is 1. The first-order chi connectivity index (χ1) is 10.8. The molecule has 22 heavy (non-hydrogen) atoms. The molecule has 0 radical (unpaired) electrons. The molecule has 0 saturated carbocycles. The Bertz CT molecular complexity index is 551. The Kier molecular flexibility index (Phi) is 6.90. The first-order valence-electron chi connectivity index (χ1n) is 7.70. The van der Waals surface area contributed by atoms with E-state index in [1.807, 2.05) is 23.6 Å². The number of nitrogens with zero attached hydrogens (tertiary/aromatic N) is 3. The Labute approximate surface area is 136 Å². The SMILES string of the molecule is CCNC(=NCCc1cccnc1)N(C)CCc1cccs1.